The van der Waals surface area contributed by atoms with Crippen LogP contribution in [0, 0.1) is 11.3 Å². The van der Waals surface area contributed by atoms with Crippen LogP contribution in [0.2, 0.25) is 0 Å². The van der Waals surface area contributed by atoms with Gasteiger partial charge in [0.15, 0.2) is 0 Å². The number of para-hydroxylation sites is 1. The maximum Gasteiger partial charge on any atom is 0.243 e. The van der Waals surface area contributed by atoms with Crippen LogP contribution in [0.3, 0.4) is 0 Å². The number of H-pyrrole nitrogens is 1. The Labute approximate surface area is 117 Å². The molecule has 2 aromatic rings. The van der Waals surface area contributed by atoms with Gasteiger partial charge in [0, 0.05) is 28.6 Å². The molecular weight excluding hydrogens is 250 g/mol. The largest absolute Gasteiger partial charge is 0.361 e. The van der Waals surface area contributed by atoms with E-state index in [1.54, 1.807) is 6.21 Å². The van der Waals surface area contributed by atoms with Crippen molar-refractivity contribution in [2.75, 3.05) is 0 Å². The van der Waals surface area contributed by atoms with Crippen LogP contribution in [-0.2, 0) is 4.79 Å². The van der Waals surface area contributed by atoms with Crippen molar-refractivity contribution in [1.82, 2.24) is 10.4 Å². The van der Waals surface area contributed by atoms with Crippen molar-refractivity contribution in [2.45, 2.75) is 25.7 Å². The van der Waals surface area contributed by atoms with Crippen LogP contribution in [0.15, 0.2) is 35.6 Å². The summed E-state index contributed by atoms with van der Waals surface area (Å²) >= 11 is 0. The van der Waals surface area contributed by atoms with E-state index in [0.29, 0.717) is 5.41 Å². The Morgan fingerprint density at radius 3 is 3.00 bits per heavy atom. The van der Waals surface area contributed by atoms with Gasteiger partial charge in [0.25, 0.3) is 0 Å². The second-order valence-electron chi connectivity index (χ2n) is 6.00. The molecule has 2 N–H and O–H groups in total. The lowest BCUT2D eigenvalue weighted by molar-refractivity contribution is -0.123. The van der Waals surface area contributed by atoms with E-state index >= 15 is 0 Å². The first kappa shape index (κ1) is 11.7. The van der Waals surface area contributed by atoms with E-state index in [1.807, 2.05) is 30.5 Å². The number of benzene rings is 1. The maximum atomic E-state index is 12.0. The minimum atomic E-state index is 0.0841. The number of fused-ring (bicyclic) bond motifs is 1. The molecule has 0 radical (unpaired) electrons. The van der Waals surface area contributed by atoms with Crippen LogP contribution in [0.4, 0.5) is 0 Å². The van der Waals surface area contributed by atoms with Crippen LogP contribution in [0.25, 0.3) is 10.9 Å². The second kappa shape index (κ2) is 4.20. The van der Waals surface area contributed by atoms with Gasteiger partial charge in [-0.25, -0.2) is 5.43 Å². The number of aromatic amines is 1. The van der Waals surface area contributed by atoms with Crippen molar-refractivity contribution in [3.63, 3.8) is 0 Å². The number of hydrogen-bond donors (Lipinski definition) is 2. The van der Waals surface area contributed by atoms with Crippen molar-refractivity contribution < 1.29 is 4.79 Å². The number of nitrogens with zero attached hydrogens (tertiary/aromatic N) is 1. The van der Waals surface area contributed by atoms with Gasteiger partial charge in [-0.1, -0.05) is 24.6 Å². The number of rotatable bonds is 3. The highest BCUT2D eigenvalue weighted by molar-refractivity contribution is 5.99. The predicted molar refractivity (Wildman–Crippen MR) is 78.4 cm³/mol. The summed E-state index contributed by atoms with van der Waals surface area (Å²) in [5.41, 5.74) is 5.12. The molecule has 2 saturated carbocycles. The normalized spacial score (nSPS) is 23.1. The quantitative estimate of drug-likeness (QED) is 0.652. The average molecular weight is 267 g/mol. The molecule has 1 unspecified atom stereocenters. The summed E-state index contributed by atoms with van der Waals surface area (Å²) in [4.78, 5) is 15.2. The van der Waals surface area contributed by atoms with E-state index in [0.717, 1.165) is 22.9 Å². The molecule has 1 spiro atoms. The molecule has 0 aliphatic heterocycles. The molecule has 1 aromatic heterocycles. The average Bonchev–Trinajstić information content (AvgIpc) is 3.09. The highest BCUT2D eigenvalue weighted by Gasteiger charge is 2.60. The summed E-state index contributed by atoms with van der Waals surface area (Å²) in [5, 5.41) is 5.22. The molecule has 102 valence electrons. The third kappa shape index (κ3) is 1.75. The standard InChI is InChI=1S/C16H17N3O/c20-15(13-8-16(13)6-3-7-16)19-18-10-11-9-17-14-5-2-1-4-12(11)14/h1-2,4-5,9-10,13,17H,3,6-8H2,(H,19,20). The zero-order valence-corrected chi connectivity index (χ0v) is 11.2. The fourth-order valence-corrected chi connectivity index (χ4v) is 3.35. The first-order chi connectivity index (χ1) is 9.78. The van der Waals surface area contributed by atoms with Gasteiger partial charge in [-0.15, -0.1) is 0 Å². The number of carbonyl (C=O) groups excluding carboxylic acids is 1. The number of aromatic nitrogens is 1. The topological polar surface area (TPSA) is 57.2 Å². The molecule has 1 atom stereocenters. The third-order valence-corrected chi connectivity index (χ3v) is 4.86. The molecule has 2 aliphatic rings. The molecule has 1 amide bonds. The monoisotopic (exact) mass is 267 g/mol. The van der Waals surface area contributed by atoms with Crippen LogP contribution in [-0.4, -0.2) is 17.1 Å². The molecule has 4 rings (SSSR count). The molecule has 0 saturated heterocycles. The fraction of sp³-hybridized carbons (Fsp3) is 0.375. The number of hydrogen-bond acceptors (Lipinski definition) is 2. The highest BCUT2D eigenvalue weighted by atomic mass is 16.2. The zero-order chi connectivity index (χ0) is 13.6. The predicted octanol–water partition coefficient (Wildman–Crippen LogP) is 2.81. The first-order valence-corrected chi connectivity index (χ1v) is 7.18. The molecule has 1 aromatic carbocycles. The lowest BCUT2D eigenvalue weighted by Crippen LogP contribution is -2.26. The summed E-state index contributed by atoms with van der Waals surface area (Å²) in [6.07, 6.45) is 8.40. The fourth-order valence-electron chi connectivity index (χ4n) is 3.35. The van der Waals surface area contributed by atoms with Crippen molar-refractivity contribution in [1.29, 1.82) is 0 Å². The van der Waals surface area contributed by atoms with Gasteiger partial charge >= 0.3 is 0 Å². The van der Waals surface area contributed by atoms with E-state index in [-0.39, 0.29) is 11.8 Å². The Hall–Kier alpha value is -2.10. The van der Waals surface area contributed by atoms with E-state index in [2.05, 4.69) is 15.5 Å². The van der Waals surface area contributed by atoms with E-state index in [1.165, 1.54) is 19.3 Å². The van der Waals surface area contributed by atoms with Gasteiger partial charge in [0.2, 0.25) is 5.91 Å². The van der Waals surface area contributed by atoms with Crippen LogP contribution in [0.5, 0.6) is 0 Å². The second-order valence-corrected chi connectivity index (χ2v) is 6.00. The van der Waals surface area contributed by atoms with Gasteiger partial charge in [-0.05, 0) is 30.7 Å². The molecule has 20 heavy (non-hydrogen) atoms. The summed E-state index contributed by atoms with van der Waals surface area (Å²) in [5.74, 6) is 0.289. The van der Waals surface area contributed by atoms with E-state index < -0.39 is 0 Å². The number of carbonyl (C=O) groups is 1. The third-order valence-electron chi connectivity index (χ3n) is 4.86. The van der Waals surface area contributed by atoms with Gasteiger partial charge in [0.1, 0.15) is 0 Å². The van der Waals surface area contributed by atoms with Gasteiger partial charge in [-0.3, -0.25) is 4.79 Å². The van der Waals surface area contributed by atoms with Gasteiger partial charge < -0.3 is 4.98 Å². The van der Waals surface area contributed by atoms with E-state index in [9.17, 15) is 4.79 Å². The van der Waals surface area contributed by atoms with Gasteiger partial charge in [-0.2, -0.15) is 5.10 Å². The Balaban J connectivity index is 1.43. The zero-order valence-electron chi connectivity index (χ0n) is 11.2. The summed E-state index contributed by atoms with van der Waals surface area (Å²) in [7, 11) is 0. The van der Waals surface area contributed by atoms with Crippen molar-refractivity contribution in [3.05, 3.63) is 36.0 Å². The minimum Gasteiger partial charge on any atom is -0.361 e. The molecular formula is C16H17N3O. The SMILES string of the molecule is O=C(NN=Cc1c[nH]c2ccccc12)C1CC12CCC2. The molecule has 1 heterocycles. The van der Waals surface area contributed by atoms with Crippen molar-refractivity contribution in [2.24, 2.45) is 16.4 Å². The Morgan fingerprint density at radius 1 is 1.40 bits per heavy atom. The lowest BCUT2D eigenvalue weighted by atomic mass is 9.80. The number of amides is 1. The lowest BCUT2D eigenvalue weighted by Gasteiger charge is -2.25. The molecule has 4 nitrogen and oxygen atoms in total. The first-order valence-electron chi connectivity index (χ1n) is 7.18. The molecule has 2 aliphatic carbocycles. The van der Waals surface area contributed by atoms with Crippen LogP contribution in [0.1, 0.15) is 31.2 Å². The number of hydrazone groups is 1. The molecule has 2 fully saturated rings. The minimum absolute atomic E-state index is 0.0841. The van der Waals surface area contributed by atoms with Crippen molar-refractivity contribution in [3.8, 4) is 0 Å². The van der Waals surface area contributed by atoms with Crippen LogP contribution >= 0.6 is 0 Å². The molecule has 0 bridgehead atoms. The van der Waals surface area contributed by atoms with Gasteiger partial charge in [0.05, 0.1) is 6.21 Å². The summed E-state index contributed by atoms with van der Waals surface area (Å²) < 4.78 is 0. The Morgan fingerprint density at radius 2 is 2.25 bits per heavy atom. The summed E-state index contributed by atoms with van der Waals surface area (Å²) in [6, 6.07) is 8.05. The van der Waals surface area contributed by atoms with Crippen molar-refractivity contribution >= 4 is 23.0 Å². The smallest absolute Gasteiger partial charge is 0.243 e. The maximum absolute atomic E-state index is 12.0. The number of nitrogens with one attached hydrogen (secondary N) is 2. The van der Waals surface area contributed by atoms with E-state index in [4.69, 9.17) is 0 Å². The van der Waals surface area contributed by atoms with Crippen LogP contribution < -0.4 is 5.43 Å². The Kier molecular flexibility index (Phi) is 2.46. The summed E-state index contributed by atoms with van der Waals surface area (Å²) in [6.45, 7) is 0. The molecule has 4 heteroatoms. The highest BCUT2D eigenvalue weighted by Crippen LogP contribution is 2.65. The Bertz CT molecular complexity index is 697.